The zero-order valence-electron chi connectivity index (χ0n) is 10.8. The lowest BCUT2D eigenvalue weighted by Crippen LogP contribution is -2.06. The molecule has 0 aliphatic heterocycles. The van der Waals surface area contributed by atoms with Crippen LogP contribution in [0.25, 0.3) is 11.0 Å². The summed E-state index contributed by atoms with van der Waals surface area (Å²) in [5, 5.41) is 3.91. The maximum atomic E-state index is 5.99. The first-order chi connectivity index (χ1) is 9.67. The molecule has 0 unspecified atom stereocenters. The molecule has 0 aliphatic carbocycles. The Morgan fingerprint density at radius 3 is 2.90 bits per heavy atom. The van der Waals surface area contributed by atoms with Gasteiger partial charge in [-0.25, -0.2) is 4.98 Å². The second kappa shape index (κ2) is 5.69. The maximum absolute atomic E-state index is 5.99. The highest BCUT2D eigenvalue weighted by Gasteiger charge is 2.11. The number of halogens is 2. The summed E-state index contributed by atoms with van der Waals surface area (Å²) < 4.78 is 8.26. The molecule has 104 valence electrons. The van der Waals surface area contributed by atoms with E-state index >= 15 is 0 Å². The van der Waals surface area contributed by atoms with Gasteiger partial charge in [-0.1, -0.05) is 5.16 Å². The predicted molar refractivity (Wildman–Crippen MR) is 84.7 cm³/mol. The van der Waals surface area contributed by atoms with Gasteiger partial charge in [0.15, 0.2) is 5.82 Å². The molecule has 0 saturated heterocycles. The Morgan fingerprint density at radius 2 is 2.20 bits per heavy atom. The van der Waals surface area contributed by atoms with Crippen LogP contribution in [-0.4, -0.2) is 19.7 Å². The SMILES string of the molecule is Cc1nc(CCn2c(CCl)nc3cc(I)ccc32)no1. The van der Waals surface area contributed by atoms with Crippen LogP contribution in [0.4, 0.5) is 0 Å². The summed E-state index contributed by atoms with van der Waals surface area (Å²) in [6.07, 6.45) is 0.693. The molecule has 2 aromatic heterocycles. The number of hydrogen-bond acceptors (Lipinski definition) is 4. The van der Waals surface area contributed by atoms with Gasteiger partial charge in [0.05, 0.1) is 16.9 Å². The Morgan fingerprint density at radius 1 is 1.35 bits per heavy atom. The van der Waals surface area contributed by atoms with Crippen molar-refractivity contribution in [2.45, 2.75) is 25.8 Å². The first-order valence-electron chi connectivity index (χ1n) is 6.17. The minimum atomic E-state index is 0.385. The van der Waals surface area contributed by atoms with E-state index in [1.54, 1.807) is 6.92 Å². The van der Waals surface area contributed by atoms with Crippen LogP contribution in [0.2, 0.25) is 0 Å². The zero-order chi connectivity index (χ0) is 14.1. The monoisotopic (exact) mass is 402 g/mol. The van der Waals surface area contributed by atoms with Crippen molar-refractivity contribution in [3.8, 4) is 0 Å². The lowest BCUT2D eigenvalue weighted by atomic mass is 10.3. The van der Waals surface area contributed by atoms with Crippen molar-refractivity contribution < 1.29 is 4.52 Å². The van der Waals surface area contributed by atoms with Crippen LogP contribution in [0.5, 0.6) is 0 Å². The summed E-state index contributed by atoms with van der Waals surface area (Å²) >= 11 is 8.27. The molecule has 20 heavy (non-hydrogen) atoms. The highest BCUT2D eigenvalue weighted by molar-refractivity contribution is 14.1. The van der Waals surface area contributed by atoms with Crippen molar-refractivity contribution in [1.82, 2.24) is 19.7 Å². The normalized spacial score (nSPS) is 11.3. The third-order valence-electron chi connectivity index (χ3n) is 3.04. The van der Waals surface area contributed by atoms with E-state index in [0.29, 0.717) is 24.0 Å². The summed E-state index contributed by atoms with van der Waals surface area (Å²) in [5.41, 5.74) is 2.05. The quantitative estimate of drug-likeness (QED) is 0.496. The number of nitrogens with zero attached hydrogens (tertiary/aromatic N) is 4. The third-order valence-corrected chi connectivity index (χ3v) is 3.95. The predicted octanol–water partition coefficient (Wildman–Crippen LogP) is 3.31. The molecule has 0 N–H and O–H groups in total. The van der Waals surface area contributed by atoms with E-state index in [1.165, 1.54) is 0 Å². The zero-order valence-corrected chi connectivity index (χ0v) is 13.7. The van der Waals surface area contributed by atoms with Crippen LogP contribution in [0, 0.1) is 10.5 Å². The fourth-order valence-corrected chi connectivity index (χ4v) is 2.84. The Labute approximate surface area is 134 Å². The van der Waals surface area contributed by atoms with E-state index in [1.807, 2.05) is 0 Å². The average Bonchev–Trinajstić information content (AvgIpc) is 2.99. The number of rotatable bonds is 4. The molecule has 0 saturated carbocycles. The van der Waals surface area contributed by atoms with Gasteiger partial charge in [0.1, 0.15) is 5.82 Å². The topological polar surface area (TPSA) is 56.7 Å². The number of fused-ring (bicyclic) bond motifs is 1. The van der Waals surface area contributed by atoms with Gasteiger partial charge < -0.3 is 9.09 Å². The molecule has 0 atom stereocenters. The number of imidazole rings is 1. The molecule has 0 aliphatic rings. The largest absolute Gasteiger partial charge is 0.340 e. The Bertz CT molecular complexity index is 752. The Kier molecular flexibility index (Phi) is 3.93. The summed E-state index contributed by atoms with van der Waals surface area (Å²) in [4.78, 5) is 8.79. The van der Waals surface area contributed by atoms with Gasteiger partial charge in [0.2, 0.25) is 5.89 Å². The smallest absolute Gasteiger partial charge is 0.223 e. The highest BCUT2D eigenvalue weighted by Crippen LogP contribution is 2.20. The van der Waals surface area contributed by atoms with Gasteiger partial charge >= 0.3 is 0 Å². The van der Waals surface area contributed by atoms with Crippen molar-refractivity contribution in [3.05, 3.63) is 39.3 Å². The molecule has 7 heteroatoms. The first-order valence-corrected chi connectivity index (χ1v) is 7.78. The number of alkyl halides is 1. The second-order valence-corrected chi connectivity index (χ2v) is 5.94. The fraction of sp³-hybridized carbons (Fsp3) is 0.308. The van der Waals surface area contributed by atoms with Crippen molar-refractivity contribution in [2.75, 3.05) is 0 Å². The van der Waals surface area contributed by atoms with Crippen molar-refractivity contribution >= 4 is 45.2 Å². The number of aryl methyl sites for hydroxylation is 3. The van der Waals surface area contributed by atoms with Gasteiger partial charge in [-0.15, -0.1) is 11.6 Å². The molecule has 0 radical (unpaired) electrons. The van der Waals surface area contributed by atoms with Crippen molar-refractivity contribution in [1.29, 1.82) is 0 Å². The van der Waals surface area contributed by atoms with Crippen LogP contribution in [0.1, 0.15) is 17.5 Å². The third kappa shape index (κ3) is 2.67. The standard InChI is InChI=1S/C13H12ClIN4O/c1-8-16-12(18-20-8)4-5-19-11-3-2-9(15)6-10(11)17-13(19)7-14/h2-3,6H,4-5,7H2,1H3. The minimum Gasteiger partial charge on any atom is -0.340 e. The maximum Gasteiger partial charge on any atom is 0.223 e. The average molecular weight is 403 g/mol. The molecule has 5 nitrogen and oxygen atoms in total. The van der Waals surface area contributed by atoms with Gasteiger partial charge in [-0.2, -0.15) is 4.98 Å². The Balaban J connectivity index is 1.93. The molecule has 0 fully saturated rings. The van der Waals surface area contributed by atoms with Gasteiger partial charge in [0, 0.05) is 23.5 Å². The van der Waals surface area contributed by atoms with Gasteiger partial charge in [-0.3, -0.25) is 0 Å². The molecular weight excluding hydrogens is 391 g/mol. The molecule has 0 spiro atoms. The molecule has 0 amide bonds. The highest BCUT2D eigenvalue weighted by atomic mass is 127. The first kappa shape index (κ1) is 13.8. The van der Waals surface area contributed by atoms with Crippen molar-refractivity contribution in [2.24, 2.45) is 0 Å². The molecule has 2 heterocycles. The van der Waals surface area contributed by atoms with Crippen LogP contribution >= 0.6 is 34.2 Å². The number of aromatic nitrogens is 4. The van der Waals surface area contributed by atoms with Gasteiger partial charge in [0.25, 0.3) is 0 Å². The summed E-state index contributed by atoms with van der Waals surface area (Å²) in [7, 11) is 0. The van der Waals surface area contributed by atoms with Crippen LogP contribution < -0.4 is 0 Å². The molecular formula is C13H12ClIN4O. The summed E-state index contributed by atoms with van der Waals surface area (Å²) in [5.74, 6) is 2.54. The number of benzene rings is 1. The lowest BCUT2D eigenvalue weighted by Gasteiger charge is -2.05. The minimum absolute atomic E-state index is 0.385. The lowest BCUT2D eigenvalue weighted by molar-refractivity contribution is 0.386. The fourth-order valence-electron chi connectivity index (χ4n) is 2.16. The summed E-state index contributed by atoms with van der Waals surface area (Å²) in [6.45, 7) is 2.52. The Hall–Kier alpha value is -1.15. The van der Waals surface area contributed by atoms with Crippen molar-refractivity contribution in [3.63, 3.8) is 0 Å². The molecule has 1 aromatic carbocycles. The molecule has 0 bridgehead atoms. The number of hydrogen-bond donors (Lipinski definition) is 0. The van der Waals surface area contributed by atoms with E-state index in [0.717, 1.165) is 27.0 Å². The van der Waals surface area contributed by atoms with Gasteiger partial charge in [-0.05, 0) is 40.8 Å². The van der Waals surface area contributed by atoms with E-state index in [9.17, 15) is 0 Å². The van der Waals surface area contributed by atoms with E-state index in [-0.39, 0.29) is 0 Å². The van der Waals surface area contributed by atoms with Crippen LogP contribution in [0.15, 0.2) is 22.7 Å². The van der Waals surface area contributed by atoms with Crippen LogP contribution in [0.3, 0.4) is 0 Å². The van der Waals surface area contributed by atoms with Crippen LogP contribution in [-0.2, 0) is 18.8 Å². The van der Waals surface area contributed by atoms with E-state index in [2.05, 4.69) is 60.5 Å². The van der Waals surface area contributed by atoms with E-state index in [4.69, 9.17) is 16.1 Å². The molecule has 3 aromatic rings. The summed E-state index contributed by atoms with van der Waals surface area (Å²) in [6, 6.07) is 6.19. The van der Waals surface area contributed by atoms with E-state index < -0.39 is 0 Å². The second-order valence-electron chi connectivity index (χ2n) is 4.43. The molecule has 3 rings (SSSR count).